The number of hydrogen-bond donors (Lipinski definition) is 4. The second-order valence-corrected chi connectivity index (χ2v) is 7.92. The molecule has 0 aromatic carbocycles. The molecule has 1 amide bonds. The molecule has 0 saturated heterocycles. The zero-order chi connectivity index (χ0) is 20.1. The van der Waals surface area contributed by atoms with Crippen LogP contribution < -0.4 is 10.6 Å². The van der Waals surface area contributed by atoms with Crippen LogP contribution in [0.15, 0.2) is 12.7 Å². The number of ether oxygens (including phenoxy) is 1. The fraction of sp³-hybridized carbons (Fsp3) is 0.647. The second-order valence-electron chi connectivity index (χ2n) is 6.81. The summed E-state index contributed by atoms with van der Waals surface area (Å²) in [6, 6.07) is 0.232. The normalized spacial score (nSPS) is 20.6. The van der Waals surface area contributed by atoms with Crippen LogP contribution in [-0.2, 0) is 9.53 Å². The minimum Gasteiger partial charge on any atom is -0.368 e. The number of rotatable bonds is 9. The maximum Gasteiger partial charge on any atom is 0.258 e. The average molecular weight is 410 g/mol. The first-order valence-electron chi connectivity index (χ1n) is 9.52. The predicted molar refractivity (Wildman–Crippen MR) is 106 cm³/mol. The first kappa shape index (κ1) is 20.9. The molecule has 28 heavy (non-hydrogen) atoms. The number of carbonyl (C=O) groups is 1. The summed E-state index contributed by atoms with van der Waals surface area (Å²) in [5, 5.41) is 5.77. The highest BCUT2D eigenvalue weighted by atomic mass is 31.2. The summed E-state index contributed by atoms with van der Waals surface area (Å²) in [6.07, 6.45) is 6.05. The number of imidazole rings is 1. The van der Waals surface area contributed by atoms with E-state index in [1.54, 1.807) is 13.3 Å². The van der Waals surface area contributed by atoms with Crippen molar-refractivity contribution in [3.8, 4) is 0 Å². The Labute approximate surface area is 164 Å². The number of fused-ring (bicyclic) bond motifs is 1. The van der Waals surface area contributed by atoms with Crippen molar-refractivity contribution in [1.82, 2.24) is 24.8 Å². The quantitative estimate of drug-likeness (QED) is 0.456. The third-order valence-electron chi connectivity index (χ3n) is 4.88. The van der Waals surface area contributed by atoms with Crippen LogP contribution in [0.4, 0.5) is 5.82 Å². The summed E-state index contributed by atoms with van der Waals surface area (Å²) in [5.74, 6) is -0.738. The number of nitrogens with zero attached hydrogens (tertiary/aromatic N) is 4. The molecule has 3 rings (SSSR count). The molecule has 1 aliphatic carbocycles. The van der Waals surface area contributed by atoms with Crippen molar-refractivity contribution >= 4 is 31.3 Å². The van der Waals surface area contributed by atoms with Gasteiger partial charge in [-0.1, -0.05) is 0 Å². The molecule has 0 radical (unpaired) electrons. The number of nitrogens with one attached hydrogen (secondary N) is 2. The lowest BCUT2D eigenvalue weighted by Crippen LogP contribution is -2.36. The van der Waals surface area contributed by atoms with E-state index in [1.165, 1.54) is 6.33 Å². The van der Waals surface area contributed by atoms with Crippen molar-refractivity contribution in [2.45, 2.75) is 45.0 Å². The Bertz CT molecular complexity index is 801. The predicted octanol–water partition coefficient (Wildman–Crippen LogP) is 1.37. The van der Waals surface area contributed by atoms with E-state index in [0.29, 0.717) is 13.2 Å². The van der Waals surface area contributed by atoms with Gasteiger partial charge in [-0.15, -0.1) is 0 Å². The van der Waals surface area contributed by atoms with Crippen LogP contribution in [0.2, 0.25) is 0 Å². The molecule has 3 unspecified atom stereocenters. The van der Waals surface area contributed by atoms with Gasteiger partial charge in [-0.05, 0) is 39.0 Å². The van der Waals surface area contributed by atoms with Crippen molar-refractivity contribution in [2.75, 3.05) is 25.0 Å². The van der Waals surface area contributed by atoms with Gasteiger partial charge in [-0.3, -0.25) is 4.79 Å². The highest BCUT2D eigenvalue weighted by Crippen LogP contribution is 2.38. The van der Waals surface area contributed by atoms with E-state index in [2.05, 4.69) is 30.2 Å². The Morgan fingerprint density at radius 3 is 2.86 bits per heavy atom. The summed E-state index contributed by atoms with van der Waals surface area (Å²) >= 11 is 0. The molecule has 0 spiro atoms. The highest BCUT2D eigenvalue weighted by Gasteiger charge is 2.32. The van der Waals surface area contributed by atoms with Crippen LogP contribution in [0.5, 0.6) is 0 Å². The van der Waals surface area contributed by atoms with E-state index in [4.69, 9.17) is 4.74 Å². The van der Waals surface area contributed by atoms with Gasteiger partial charge < -0.3 is 29.7 Å². The Morgan fingerprint density at radius 2 is 2.14 bits per heavy atom. The van der Waals surface area contributed by atoms with Crippen molar-refractivity contribution in [3.63, 3.8) is 0 Å². The van der Waals surface area contributed by atoms with Gasteiger partial charge in [0.25, 0.3) is 5.91 Å². The molecule has 0 aliphatic heterocycles. The van der Waals surface area contributed by atoms with Crippen LogP contribution >= 0.6 is 8.38 Å². The maximum atomic E-state index is 11.9. The van der Waals surface area contributed by atoms with E-state index in [-0.39, 0.29) is 12.0 Å². The summed E-state index contributed by atoms with van der Waals surface area (Å²) in [5.41, 5.74) is 1.55. The van der Waals surface area contributed by atoms with Gasteiger partial charge in [-0.2, -0.15) is 0 Å². The van der Waals surface area contributed by atoms with Gasteiger partial charge in [0.05, 0.1) is 12.9 Å². The van der Waals surface area contributed by atoms with Crippen molar-refractivity contribution in [3.05, 3.63) is 12.7 Å². The monoisotopic (exact) mass is 410 g/mol. The third-order valence-corrected chi connectivity index (χ3v) is 5.69. The Hall–Kier alpha value is -1.87. The largest absolute Gasteiger partial charge is 0.368 e. The number of aromatic nitrogens is 4. The number of anilines is 1. The number of likely N-dealkylation sites (N-methyl/N-ethyl adjacent to an activating group) is 1. The lowest BCUT2D eigenvalue weighted by Gasteiger charge is -2.20. The molecule has 4 N–H and O–H groups in total. The van der Waals surface area contributed by atoms with Crippen molar-refractivity contribution < 1.29 is 19.3 Å². The molecule has 2 aromatic rings. The molecule has 3 atom stereocenters. The zero-order valence-corrected chi connectivity index (χ0v) is 17.0. The second kappa shape index (κ2) is 9.56. The Balaban J connectivity index is 1.63. The Morgan fingerprint density at radius 1 is 1.32 bits per heavy atom. The van der Waals surface area contributed by atoms with E-state index in [0.717, 1.165) is 42.8 Å². The number of hydrogen-bond acceptors (Lipinski definition) is 8. The van der Waals surface area contributed by atoms with Crippen molar-refractivity contribution in [2.24, 2.45) is 5.92 Å². The SMILES string of the molecule is CCNC(=O)C(OCC1CCC(n2cnc3c(NCC)ncnc32)C1)P(O)O. The molecule has 1 saturated carbocycles. The smallest absolute Gasteiger partial charge is 0.258 e. The van der Waals surface area contributed by atoms with Gasteiger partial charge >= 0.3 is 0 Å². The Kier molecular flexibility index (Phi) is 7.12. The molecular formula is C17H27N6O4P. The van der Waals surface area contributed by atoms with Crippen LogP contribution in [0.25, 0.3) is 11.2 Å². The number of amides is 1. The van der Waals surface area contributed by atoms with Crippen molar-refractivity contribution in [1.29, 1.82) is 0 Å². The molecule has 2 aromatic heterocycles. The molecule has 1 fully saturated rings. The minimum absolute atomic E-state index is 0.226. The van der Waals surface area contributed by atoms with Gasteiger partial charge in [0.1, 0.15) is 11.8 Å². The summed E-state index contributed by atoms with van der Waals surface area (Å²) < 4.78 is 7.64. The van der Waals surface area contributed by atoms with E-state index in [9.17, 15) is 14.6 Å². The van der Waals surface area contributed by atoms with E-state index >= 15 is 0 Å². The average Bonchev–Trinajstić information content (AvgIpc) is 3.29. The summed E-state index contributed by atoms with van der Waals surface area (Å²) in [7, 11) is -2.49. The van der Waals surface area contributed by atoms with Crippen LogP contribution in [0.3, 0.4) is 0 Å². The first-order valence-corrected chi connectivity index (χ1v) is 10.8. The van der Waals surface area contributed by atoms with Crippen LogP contribution in [-0.4, -0.2) is 60.8 Å². The molecular weight excluding hydrogens is 383 g/mol. The van der Waals surface area contributed by atoms with Gasteiger partial charge in [0.2, 0.25) is 14.2 Å². The maximum absolute atomic E-state index is 11.9. The standard InChI is InChI=1S/C17H27N6O4P/c1-3-18-14-13-15(21-9-20-14)23(10-22-13)12-6-5-11(7-12)8-27-17(28(25)26)16(24)19-4-2/h9-12,17,25-26H,3-8H2,1-2H3,(H,19,24)(H,18,20,21). The van der Waals surface area contributed by atoms with Gasteiger partial charge in [-0.25, -0.2) is 15.0 Å². The number of carbonyl (C=O) groups excluding carboxylic acids is 1. The third kappa shape index (κ3) is 4.57. The topological polar surface area (TPSA) is 134 Å². The van der Waals surface area contributed by atoms with E-state index in [1.807, 2.05) is 6.92 Å². The summed E-state index contributed by atoms with van der Waals surface area (Å²) in [6.45, 7) is 5.26. The van der Waals surface area contributed by atoms with Gasteiger partial charge in [0.15, 0.2) is 11.5 Å². The fourth-order valence-electron chi connectivity index (χ4n) is 3.60. The fourth-order valence-corrected chi connectivity index (χ4v) is 4.12. The molecule has 2 heterocycles. The molecule has 10 nitrogen and oxygen atoms in total. The lowest BCUT2D eigenvalue weighted by atomic mass is 10.1. The van der Waals surface area contributed by atoms with E-state index < -0.39 is 20.1 Å². The lowest BCUT2D eigenvalue weighted by molar-refractivity contribution is -0.129. The molecule has 11 heteroatoms. The van der Waals surface area contributed by atoms with Crippen LogP contribution in [0.1, 0.15) is 39.2 Å². The summed E-state index contributed by atoms with van der Waals surface area (Å²) in [4.78, 5) is 44.0. The zero-order valence-electron chi connectivity index (χ0n) is 16.1. The van der Waals surface area contributed by atoms with Crippen LogP contribution in [0, 0.1) is 5.92 Å². The van der Waals surface area contributed by atoms with Gasteiger partial charge in [0, 0.05) is 19.1 Å². The highest BCUT2D eigenvalue weighted by molar-refractivity contribution is 7.46. The molecule has 1 aliphatic rings. The minimum atomic E-state index is -2.49. The first-order chi connectivity index (χ1) is 13.5. The molecule has 0 bridgehead atoms. The molecule has 154 valence electrons.